The molecule has 6 nitrogen and oxygen atoms in total. The summed E-state index contributed by atoms with van der Waals surface area (Å²) in [4.78, 5) is 23.6. The molecule has 6 heteroatoms. The third kappa shape index (κ3) is 2.28. The lowest BCUT2D eigenvalue weighted by molar-refractivity contribution is -0.147. The van der Waals surface area contributed by atoms with Gasteiger partial charge in [0.15, 0.2) is 16.8 Å². The number of carboxylic acids is 1. The van der Waals surface area contributed by atoms with Crippen LogP contribution in [0.15, 0.2) is 57.7 Å². The second kappa shape index (κ2) is 5.42. The number of carboxylic acid groups (broad SMARTS) is 1. The Bertz CT molecular complexity index is 990. The largest absolute Gasteiger partial charge is 0.485 e. The Balaban J connectivity index is 1.94. The monoisotopic (exact) mass is 324 g/mol. The Morgan fingerprint density at radius 1 is 1.12 bits per heavy atom. The standard InChI is InChI=1S/C18H12O6/c19-12-8-14(10-4-2-1-3-5-10)23-16-11(12)6-7-13-17(16)24-15(9-22-13)18(20)21/h1-8,15H,9H2,(H,20,21). The summed E-state index contributed by atoms with van der Waals surface area (Å²) in [5.41, 5.74) is 0.685. The molecule has 2 heterocycles. The molecule has 0 saturated carbocycles. The first-order chi connectivity index (χ1) is 11.6. The van der Waals surface area contributed by atoms with Crippen molar-refractivity contribution in [3.05, 3.63) is 58.8 Å². The lowest BCUT2D eigenvalue weighted by Crippen LogP contribution is -2.36. The molecule has 0 saturated heterocycles. The van der Waals surface area contributed by atoms with Crippen LogP contribution in [0.25, 0.3) is 22.3 Å². The van der Waals surface area contributed by atoms with Gasteiger partial charge in [-0.2, -0.15) is 0 Å². The van der Waals surface area contributed by atoms with Crippen molar-refractivity contribution >= 4 is 16.9 Å². The highest BCUT2D eigenvalue weighted by molar-refractivity contribution is 5.87. The first-order valence-electron chi connectivity index (χ1n) is 7.32. The van der Waals surface area contributed by atoms with Crippen molar-refractivity contribution in [2.24, 2.45) is 0 Å². The van der Waals surface area contributed by atoms with E-state index in [1.165, 1.54) is 6.07 Å². The first-order valence-corrected chi connectivity index (χ1v) is 7.32. The Morgan fingerprint density at radius 3 is 2.67 bits per heavy atom. The SMILES string of the molecule is O=C(O)C1COc2ccc3c(=O)cc(-c4ccccc4)oc3c2O1. The minimum atomic E-state index is -1.14. The fourth-order valence-corrected chi connectivity index (χ4v) is 2.61. The summed E-state index contributed by atoms with van der Waals surface area (Å²) in [6, 6.07) is 13.7. The summed E-state index contributed by atoms with van der Waals surface area (Å²) in [6.07, 6.45) is -1.14. The number of fused-ring (bicyclic) bond motifs is 3. The van der Waals surface area contributed by atoms with Crippen molar-refractivity contribution in [1.82, 2.24) is 0 Å². The van der Waals surface area contributed by atoms with Gasteiger partial charge in [0.2, 0.25) is 11.9 Å². The average molecular weight is 324 g/mol. The predicted molar refractivity (Wildman–Crippen MR) is 85.5 cm³/mol. The molecule has 1 atom stereocenters. The lowest BCUT2D eigenvalue weighted by Gasteiger charge is -2.24. The molecular formula is C18H12O6. The Morgan fingerprint density at radius 2 is 1.92 bits per heavy atom. The van der Waals surface area contributed by atoms with E-state index in [2.05, 4.69) is 0 Å². The first kappa shape index (κ1) is 14.3. The second-order valence-corrected chi connectivity index (χ2v) is 5.37. The summed E-state index contributed by atoms with van der Waals surface area (Å²) < 4.78 is 16.8. The molecule has 0 aliphatic carbocycles. The molecule has 1 N–H and O–H groups in total. The van der Waals surface area contributed by atoms with Crippen LogP contribution >= 0.6 is 0 Å². The van der Waals surface area contributed by atoms with E-state index in [4.69, 9.17) is 19.0 Å². The van der Waals surface area contributed by atoms with Gasteiger partial charge < -0.3 is 19.0 Å². The summed E-state index contributed by atoms with van der Waals surface area (Å²) in [5, 5.41) is 9.43. The molecular weight excluding hydrogens is 312 g/mol. The highest BCUT2D eigenvalue weighted by Crippen LogP contribution is 2.39. The lowest BCUT2D eigenvalue weighted by atomic mass is 10.1. The van der Waals surface area contributed by atoms with Gasteiger partial charge in [-0.15, -0.1) is 0 Å². The second-order valence-electron chi connectivity index (χ2n) is 5.37. The van der Waals surface area contributed by atoms with Crippen molar-refractivity contribution in [2.45, 2.75) is 6.10 Å². The third-order valence-electron chi connectivity index (χ3n) is 3.80. The molecule has 4 rings (SSSR count). The minimum Gasteiger partial charge on any atom is -0.485 e. The number of ether oxygens (including phenoxy) is 2. The van der Waals surface area contributed by atoms with Gasteiger partial charge in [0, 0.05) is 11.6 Å². The number of benzene rings is 2. The van der Waals surface area contributed by atoms with Crippen LogP contribution in [0.2, 0.25) is 0 Å². The van der Waals surface area contributed by atoms with Gasteiger partial charge >= 0.3 is 5.97 Å². The van der Waals surface area contributed by atoms with Gasteiger partial charge in [0.1, 0.15) is 12.4 Å². The van der Waals surface area contributed by atoms with Crippen LogP contribution in [0, 0.1) is 0 Å². The van der Waals surface area contributed by atoms with E-state index in [9.17, 15) is 9.59 Å². The predicted octanol–water partition coefficient (Wildman–Crippen LogP) is 2.68. The maximum Gasteiger partial charge on any atom is 0.348 e. The van der Waals surface area contributed by atoms with Crippen LogP contribution < -0.4 is 14.9 Å². The highest BCUT2D eigenvalue weighted by atomic mass is 16.6. The molecule has 1 aliphatic heterocycles. The molecule has 1 aliphatic rings. The summed E-state index contributed by atoms with van der Waals surface area (Å²) in [7, 11) is 0. The zero-order valence-electron chi connectivity index (χ0n) is 12.4. The van der Waals surface area contributed by atoms with Crippen molar-refractivity contribution in [3.8, 4) is 22.8 Å². The zero-order chi connectivity index (χ0) is 16.7. The maximum absolute atomic E-state index is 12.4. The van der Waals surface area contributed by atoms with Gasteiger partial charge in [0.05, 0.1) is 5.39 Å². The number of rotatable bonds is 2. The molecule has 1 aromatic heterocycles. The van der Waals surface area contributed by atoms with E-state index in [1.807, 2.05) is 30.3 Å². The molecule has 0 radical (unpaired) electrons. The fraction of sp³-hybridized carbons (Fsp3) is 0.111. The zero-order valence-corrected chi connectivity index (χ0v) is 12.4. The van der Waals surface area contributed by atoms with Crippen LogP contribution in [-0.4, -0.2) is 23.8 Å². The van der Waals surface area contributed by atoms with Crippen LogP contribution in [0.4, 0.5) is 0 Å². The van der Waals surface area contributed by atoms with Gasteiger partial charge in [-0.05, 0) is 12.1 Å². The number of hydrogen-bond donors (Lipinski definition) is 1. The molecule has 1 unspecified atom stereocenters. The smallest absolute Gasteiger partial charge is 0.348 e. The van der Waals surface area contributed by atoms with Gasteiger partial charge in [-0.25, -0.2) is 4.79 Å². The molecule has 0 spiro atoms. The topological polar surface area (TPSA) is 86.0 Å². The van der Waals surface area contributed by atoms with E-state index in [0.29, 0.717) is 16.9 Å². The number of aliphatic carboxylic acids is 1. The quantitative estimate of drug-likeness (QED) is 0.780. The van der Waals surface area contributed by atoms with Crippen molar-refractivity contribution in [2.75, 3.05) is 6.61 Å². The Hall–Kier alpha value is -3.28. The van der Waals surface area contributed by atoms with E-state index in [1.54, 1.807) is 12.1 Å². The normalized spacial score (nSPS) is 16.1. The molecule has 24 heavy (non-hydrogen) atoms. The van der Waals surface area contributed by atoms with Crippen LogP contribution in [-0.2, 0) is 4.79 Å². The van der Waals surface area contributed by atoms with Crippen LogP contribution in [0.5, 0.6) is 11.5 Å². The van der Waals surface area contributed by atoms with Crippen molar-refractivity contribution in [3.63, 3.8) is 0 Å². The van der Waals surface area contributed by atoms with Crippen molar-refractivity contribution in [1.29, 1.82) is 0 Å². The molecule has 120 valence electrons. The maximum atomic E-state index is 12.4. The van der Waals surface area contributed by atoms with Gasteiger partial charge in [-0.1, -0.05) is 30.3 Å². The fourth-order valence-electron chi connectivity index (χ4n) is 2.61. The highest BCUT2D eigenvalue weighted by Gasteiger charge is 2.30. The van der Waals surface area contributed by atoms with E-state index in [0.717, 1.165) is 5.56 Å². The van der Waals surface area contributed by atoms with Gasteiger partial charge in [0.25, 0.3) is 0 Å². The summed E-state index contributed by atoms with van der Waals surface area (Å²) in [5.74, 6) is -0.267. The third-order valence-corrected chi connectivity index (χ3v) is 3.80. The Labute approximate surface area is 135 Å². The van der Waals surface area contributed by atoms with Crippen molar-refractivity contribution < 1.29 is 23.8 Å². The van der Waals surface area contributed by atoms with Crippen LogP contribution in [0.3, 0.4) is 0 Å². The summed E-state index contributed by atoms with van der Waals surface area (Å²) >= 11 is 0. The molecule has 0 fully saturated rings. The molecule has 0 bridgehead atoms. The molecule has 0 amide bonds. The summed E-state index contributed by atoms with van der Waals surface area (Å²) in [6.45, 7) is -0.101. The minimum absolute atomic E-state index is 0.101. The number of hydrogen-bond acceptors (Lipinski definition) is 5. The molecule has 2 aromatic carbocycles. The van der Waals surface area contributed by atoms with E-state index < -0.39 is 12.1 Å². The van der Waals surface area contributed by atoms with E-state index >= 15 is 0 Å². The van der Waals surface area contributed by atoms with Crippen LogP contribution in [0.1, 0.15) is 0 Å². The number of carbonyl (C=O) groups is 1. The van der Waals surface area contributed by atoms with E-state index in [-0.39, 0.29) is 23.4 Å². The average Bonchev–Trinajstić information content (AvgIpc) is 2.61. The molecule has 3 aromatic rings. The van der Waals surface area contributed by atoms with Gasteiger partial charge in [-0.3, -0.25) is 4.79 Å². The Kier molecular flexibility index (Phi) is 3.23.